The molecule has 0 saturated heterocycles. The topological polar surface area (TPSA) is 56.7 Å². The van der Waals surface area contributed by atoms with Gasteiger partial charge in [-0.1, -0.05) is 0 Å². The summed E-state index contributed by atoms with van der Waals surface area (Å²) in [5, 5.41) is 4.91. The highest BCUT2D eigenvalue weighted by molar-refractivity contribution is 7.11. The van der Waals surface area contributed by atoms with E-state index in [4.69, 9.17) is 5.73 Å². The minimum atomic E-state index is -0.495. The van der Waals surface area contributed by atoms with E-state index in [2.05, 4.69) is 10.1 Å². The van der Waals surface area contributed by atoms with E-state index in [9.17, 15) is 4.39 Å². The number of nitrogens with zero attached hydrogens (tertiary/aromatic N) is 3. The third-order valence-electron chi connectivity index (χ3n) is 2.16. The number of hydrogen-bond donors (Lipinski definition) is 1. The SMILES string of the molecule is Cc1nc(-c2nn(C)c(N)c2F)c(C)s1. The standard InChI is InChI=1S/C9H11FN4S/c1-4-7(12-5(2)15-4)8-6(10)9(11)14(3)13-8/h11H2,1-3H3. The van der Waals surface area contributed by atoms with Crippen molar-refractivity contribution in [3.05, 3.63) is 15.7 Å². The zero-order valence-electron chi connectivity index (χ0n) is 8.71. The van der Waals surface area contributed by atoms with E-state index in [1.165, 1.54) is 16.0 Å². The average Bonchev–Trinajstić information content (AvgIpc) is 2.61. The van der Waals surface area contributed by atoms with E-state index in [0.29, 0.717) is 5.69 Å². The number of nitrogens with two attached hydrogens (primary N) is 1. The Balaban J connectivity index is 2.64. The van der Waals surface area contributed by atoms with Gasteiger partial charge in [0.2, 0.25) is 0 Å². The molecule has 2 aromatic rings. The number of thiazole rings is 1. The molecule has 2 aromatic heterocycles. The molecule has 0 aliphatic rings. The van der Waals surface area contributed by atoms with E-state index in [-0.39, 0.29) is 11.5 Å². The van der Waals surface area contributed by atoms with Gasteiger partial charge >= 0.3 is 0 Å². The summed E-state index contributed by atoms with van der Waals surface area (Å²) in [5.74, 6) is -0.457. The molecule has 0 fully saturated rings. The van der Waals surface area contributed by atoms with Crippen LogP contribution in [-0.2, 0) is 7.05 Å². The van der Waals surface area contributed by atoms with Crippen LogP contribution < -0.4 is 5.73 Å². The lowest BCUT2D eigenvalue weighted by Gasteiger charge is -1.91. The summed E-state index contributed by atoms with van der Waals surface area (Å²) >= 11 is 1.52. The minimum Gasteiger partial charge on any atom is -0.381 e. The third kappa shape index (κ3) is 1.50. The molecule has 15 heavy (non-hydrogen) atoms. The predicted molar refractivity (Wildman–Crippen MR) is 58.2 cm³/mol. The summed E-state index contributed by atoms with van der Waals surface area (Å²) in [7, 11) is 1.61. The maximum absolute atomic E-state index is 13.7. The molecule has 0 atom stereocenters. The normalized spacial score (nSPS) is 10.9. The molecular formula is C9H11FN4S. The van der Waals surface area contributed by atoms with E-state index in [1.54, 1.807) is 7.05 Å². The van der Waals surface area contributed by atoms with E-state index in [1.807, 2.05) is 13.8 Å². The van der Waals surface area contributed by atoms with Gasteiger partial charge in [-0.25, -0.2) is 14.1 Å². The Labute approximate surface area is 90.6 Å². The molecule has 2 rings (SSSR count). The molecule has 0 aromatic carbocycles. The fraction of sp³-hybridized carbons (Fsp3) is 0.333. The highest BCUT2D eigenvalue weighted by atomic mass is 32.1. The minimum absolute atomic E-state index is 0.0371. The molecular weight excluding hydrogens is 215 g/mol. The van der Waals surface area contributed by atoms with Gasteiger partial charge in [0.25, 0.3) is 0 Å². The van der Waals surface area contributed by atoms with Crippen LogP contribution in [0.3, 0.4) is 0 Å². The number of anilines is 1. The van der Waals surface area contributed by atoms with Crippen LogP contribution in [0, 0.1) is 19.7 Å². The molecule has 0 unspecified atom stereocenters. The molecule has 0 spiro atoms. The molecule has 4 nitrogen and oxygen atoms in total. The first-order valence-electron chi connectivity index (χ1n) is 4.43. The molecule has 6 heteroatoms. The summed E-state index contributed by atoms with van der Waals surface area (Å²) in [6.07, 6.45) is 0. The number of aryl methyl sites for hydroxylation is 3. The van der Waals surface area contributed by atoms with Gasteiger partial charge in [0.05, 0.1) is 5.01 Å². The van der Waals surface area contributed by atoms with Crippen LogP contribution in [0.25, 0.3) is 11.4 Å². The lowest BCUT2D eigenvalue weighted by molar-refractivity contribution is 0.633. The van der Waals surface area contributed by atoms with E-state index >= 15 is 0 Å². The molecule has 0 saturated carbocycles. The van der Waals surface area contributed by atoms with Gasteiger partial charge in [0.15, 0.2) is 11.6 Å². The fourth-order valence-electron chi connectivity index (χ4n) is 1.41. The Morgan fingerprint density at radius 3 is 2.40 bits per heavy atom. The van der Waals surface area contributed by atoms with Crippen molar-refractivity contribution in [3.8, 4) is 11.4 Å². The van der Waals surface area contributed by atoms with Crippen LogP contribution in [0.4, 0.5) is 10.2 Å². The maximum Gasteiger partial charge on any atom is 0.194 e. The van der Waals surface area contributed by atoms with Gasteiger partial charge in [0.1, 0.15) is 11.4 Å². The smallest absolute Gasteiger partial charge is 0.194 e. The van der Waals surface area contributed by atoms with Crippen LogP contribution in [0.15, 0.2) is 0 Å². The second kappa shape index (κ2) is 3.30. The van der Waals surface area contributed by atoms with Crippen molar-refractivity contribution in [2.45, 2.75) is 13.8 Å². The predicted octanol–water partition coefficient (Wildman–Crippen LogP) is 1.88. The first-order chi connectivity index (χ1) is 7.00. The van der Waals surface area contributed by atoms with Crippen molar-refractivity contribution < 1.29 is 4.39 Å². The Morgan fingerprint density at radius 1 is 1.33 bits per heavy atom. The van der Waals surface area contributed by atoms with Gasteiger partial charge in [-0.2, -0.15) is 5.10 Å². The fourth-order valence-corrected chi connectivity index (χ4v) is 2.23. The molecule has 0 radical (unpaired) electrons. The second-order valence-electron chi connectivity index (χ2n) is 3.31. The number of aromatic nitrogens is 3. The molecule has 80 valence electrons. The van der Waals surface area contributed by atoms with Crippen LogP contribution in [0.1, 0.15) is 9.88 Å². The van der Waals surface area contributed by atoms with Crippen LogP contribution in [0.2, 0.25) is 0 Å². The Morgan fingerprint density at radius 2 is 2.00 bits per heavy atom. The summed E-state index contributed by atoms with van der Waals surface area (Å²) in [5.41, 5.74) is 6.32. The highest BCUT2D eigenvalue weighted by Gasteiger charge is 2.19. The Kier molecular flexibility index (Phi) is 2.22. The van der Waals surface area contributed by atoms with Crippen LogP contribution >= 0.6 is 11.3 Å². The van der Waals surface area contributed by atoms with Gasteiger partial charge in [-0.3, -0.25) is 0 Å². The zero-order chi connectivity index (χ0) is 11.2. The van der Waals surface area contributed by atoms with Crippen molar-refractivity contribution in [2.24, 2.45) is 7.05 Å². The summed E-state index contributed by atoms with van der Waals surface area (Å²) < 4.78 is 15.0. The first-order valence-corrected chi connectivity index (χ1v) is 5.24. The first kappa shape index (κ1) is 10.1. The summed E-state index contributed by atoms with van der Waals surface area (Å²) in [4.78, 5) is 5.19. The third-order valence-corrected chi connectivity index (χ3v) is 3.05. The van der Waals surface area contributed by atoms with E-state index in [0.717, 1.165) is 9.88 Å². The second-order valence-corrected chi connectivity index (χ2v) is 4.72. The van der Waals surface area contributed by atoms with Gasteiger partial charge < -0.3 is 5.73 Å². The summed E-state index contributed by atoms with van der Waals surface area (Å²) in [6.45, 7) is 3.77. The molecule has 2 heterocycles. The lowest BCUT2D eigenvalue weighted by Crippen LogP contribution is -1.97. The largest absolute Gasteiger partial charge is 0.381 e. The number of rotatable bonds is 1. The van der Waals surface area contributed by atoms with Gasteiger partial charge in [0, 0.05) is 11.9 Å². The lowest BCUT2D eigenvalue weighted by atomic mass is 10.3. The molecule has 0 bridgehead atoms. The Hall–Kier alpha value is -1.43. The van der Waals surface area contributed by atoms with Crippen molar-refractivity contribution in [2.75, 3.05) is 5.73 Å². The van der Waals surface area contributed by atoms with Crippen LogP contribution in [0.5, 0.6) is 0 Å². The molecule has 0 aliphatic carbocycles. The van der Waals surface area contributed by atoms with Gasteiger partial charge in [-0.15, -0.1) is 11.3 Å². The Bertz CT molecular complexity index is 514. The zero-order valence-corrected chi connectivity index (χ0v) is 9.52. The maximum atomic E-state index is 13.7. The van der Waals surface area contributed by atoms with Crippen LogP contribution in [-0.4, -0.2) is 14.8 Å². The molecule has 2 N–H and O–H groups in total. The average molecular weight is 226 g/mol. The van der Waals surface area contributed by atoms with Gasteiger partial charge in [-0.05, 0) is 13.8 Å². The van der Waals surface area contributed by atoms with Crippen molar-refractivity contribution >= 4 is 17.2 Å². The summed E-state index contributed by atoms with van der Waals surface area (Å²) in [6, 6.07) is 0. The number of nitrogen functional groups attached to an aromatic ring is 1. The van der Waals surface area contributed by atoms with Crippen molar-refractivity contribution in [1.82, 2.24) is 14.8 Å². The highest BCUT2D eigenvalue weighted by Crippen LogP contribution is 2.29. The van der Waals surface area contributed by atoms with Crippen molar-refractivity contribution in [3.63, 3.8) is 0 Å². The number of hydrogen-bond acceptors (Lipinski definition) is 4. The molecule has 0 aliphatic heterocycles. The molecule has 0 amide bonds. The quantitative estimate of drug-likeness (QED) is 0.807. The number of halogens is 1. The monoisotopic (exact) mass is 226 g/mol. The van der Waals surface area contributed by atoms with Crippen molar-refractivity contribution in [1.29, 1.82) is 0 Å². The van der Waals surface area contributed by atoms with E-state index < -0.39 is 5.82 Å².